The van der Waals surface area contributed by atoms with Crippen molar-refractivity contribution in [2.75, 3.05) is 12.9 Å². The number of rotatable bonds is 4. The van der Waals surface area contributed by atoms with Gasteiger partial charge < -0.3 is 4.74 Å². The highest BCUT2D eigenvalue weighted by Crippen LogP contribution is 2.27. The van der Waals surface area contributed by atoms with Crippen LogP contribution in [0.5, 0.6) is 0 Å². The van der Waals surface area contributed by atoms with Gasteiger partial charge in [0.25, 0.3) is 0 Å². The Hall–Kier alpha value is -0.980. The fraction of sp³-hybridized carbons (Fsp3) is 0.500. The second-order valence-electron chi connectivity index (χ2n) is 4.47. The van der Waals surface area contributed by atoms with Crippen molar-refractivity contribution >= 4 is 10.0 Å². The maximum absolute atomic E-state index is 12.9. The molecule has 1 aliphatic heterocycles. The second kappa shape index (κ2) is 5.34. The van der Waals surface area contributed by atoms with Crippen LogP contribution in [0, 0.1) is 5.82 Å². The third-order valence-electron chi connectivity index (χ3n) is 2.91. The number of hydrogen-bond acceptors (Lipinski definition) is 3. The lowest BCUT2D eigenvalue weighted by atomic mass is 10.0. The molecule has 0 bridgehead atoms. The average Bonchev–Trinajstić information content (AvgIpc) is 2.79. The number of hydrogen-bond donors (Lipinski definition) is 1. The number of halogens is 1. The number of nitrogens with one attached hydrogen (secondary N) is 1. The summed E-state index contributed by atoms with van der Waals surface area (Å²) in [5, 5.41) is 0. The van der Waals surface area contributed by atoms with Gasteiger partial charge in [-0.2, -0.15) is 0 Å². The lowest BCUT2D eigenvalue weighted by Crippen LogP contribution is -2.35. The summed E-state index contributed by atoms with van der Waals surface area (Å²) in [4.78, 5) is 0. The van der Waals surface area contributed by atoms with E-state index >= 15 is 0 Å². The molecular formula is C12H16FNO3S. The molecule has 0 amide bonds. The van der Waals surface area contributed by atoms with E-state index in [-0.39, 0.29) is 11.9 Å². The van der Waals surface area contributed by atoms with Gasteiger partial charge in [-0.15, -0.1) is 0 Å². The highest BCUT2D eigenvalue weighted by molar-refractivity contribution is 7.88. The molecule has 1 fully saturated rings. The molecule has 18 heavy (non-hydrogen) atoms. The molecule has 100 valence electrons. The minimum atomic E-state index is -3.34. The largest absolute Gasteiger partial charge is 0.376 e. The first-order valence-electron chi connectivity index (χ1n) is 5.80. The Kier molecular flexibility index (Phi) is 3.99. The number of ether oxygens (including phenoxy) is 1. The first kappa shape index (κ1) is 13.5. The zero-order valence-corrected chi connectivity index (χ0v) is 10.9. The van der Waals surface area contributed by atoms with Crippen LogP contribution in [-0.2, 0) is 14.8 Å². The van der Waals surface area contributed by atoms with E-state index in [9.17, 15) is 12.8 Å². The number of benzene rings is 1. The minimum absolute atomic E-state index is 0.190. The van der Waals surface area contributed by atoms with Crippen LogP contribution in [0.15, 0.2) is 24.3 Å². The number of sulfonamides is 1. The first-order valence-corrected chi connectivity index (χ1v) is 7.69. The van der Waals surface area contributed by atoms with Gasteiger partial charge in [-0.1, -0.05) is 12.1 Å². The van der Waals surface area contributed by atoms with Gasteiger partial charge in [0.05, 0.1) is 18.4 Å². The van der Waals surface area contributed by atoms with Crippen molar-refractivity contribution in [3.05, 3.63) is 35.6 Å². The lowest BCUT2D eigenvalue weighted by molar-refractivity contribution is 0.0852. The van der Waals surface area contributed by atoms with Gasteiger partial charge in [-0.3, -0.25) is 0 Å². The lowest BCUT2D eigenvalue weighted by Gasteiger charge is -2.23. The third kappa shape index (κ3) is 3.51. The van der Waals surface area contributed by atoms with E-state index < -0.39 is 16.1 Å². The summed E-state index contributed by atoms with van der Waals surface area (Å²) < 4.78 is 43.8. The predicted octanol–water partition coefficient (Wildman–Crippen LogP) is 1.59. The minimum Gasteiger partial charge on any atom is -0.376 e. The molecule has 2 rings (SSSR count). The van der Waals surface area contributed by atoms with Crippen LogP contribution in [0.4, 0.5) is 4.39 Å². The van der Waals surface area contributed by atoms with E-state index in [2.05, 4.69) is 4.72 Å². The van der Waals surface area contributed by atoms with Crippen molar-refractivity contribution in [1.29, 1.82) is 0 Å². The Labute approximate surface area is 106 Å². The molecule has 1 heterocycles. The Balaban J connectivity index is 2.25. The topological polar surface area (TPSA) is 55.4 Å². The van der Waals surface area contributed by atoms with Crippen LogP contribution in [0.25, 0.3) is 0 Å². The van der Waals surface area contributed by atoms with Gasteiger partial charge in [-0.05, 0) is 30.5 Å². The van der Waals surface area contributed by atoms with Crippen LogP contribution < -0.4 is 4.72 Å². The van der Waals surface area contributed by atoms with E-state index in [4.69, 9.17) is 4.74 Å². The zero-order chi connectivity index (χ0) is 13.2. The van der Waals surface area contributed by atoms with Crippen LogP contribution in [0.2, 0.25) is 0 Å². The summed E-state index contributed by atoms with van der Waals surface area (Å²) in [6.07, 6.45) is 2.63. The van der Waals surface area contributed by atoms with E-state index in [1.165, 1.54) is 12.1 Å². The van der Waals surface area contributed by atoms with Crippen LogP contribution in [-0.4, -0.2) is 27.4 Å². The molecule has 4 nitrogen and oxygen atoms in total. The summed E-state index contributed by atoms with van der Waals surface area (Å²) in [7, 11) is -3.34. The van der Waals surface area contributed by atoms with E-state index in [1.54, 1.807) is 12.1 Å². The van der Waals surface area contributed by atoms with Crippen LogP contribution in [0.1, 0.15) is 24.4 Å². The molecule has 6 heteroatoms. The van der Waals surface area contributed by atoms with Gasteiger partial charge in [-0.25, -0.2) is 17.5 Å². The Morgan fingerprint density at radius 1 is 1.39 bits per heavy atom. The van der Waals surface area contributed by atoms with Crippen molar-refractivity contribution < 1.29 is 17.5 Å². The van der Waals surface area contributed by atoms with Crippen LogP contribution >= 0.6 is 0 Å². The fourth-order valence-electron chi connectivity index (χ4n) is 2.12. The fourth-order valence-corrected chi connectivity index (χ4v) is 2.87. The maximum atomic E-state index is 12.9. The molecule has 1 aromatic rings. The van der Waals surface area contributed by atoms with Gasteiger partial charge in [0.1, 0.15) is 5.82 Å². The normalized spacial score (nSPS) is 22.0. The molecule has 0 aromatic heterocycles. The van der Waals surface area contributed by atoms with Crippen molar-refractivity contribution in [2.45, 2.75) is 25.0 Å². The van der Waals surface area contributed by atoms with E-state index in [0.29, 0.717) is 12.2 Å². The van der Waals surface area contributed by atoms with Crippen molar-refractivity contribution in [3.63, 3.8) is 0 Å². The molecule has 0 radical (unpaired) electrons. The average molecular weight is 273 g/mol. The third-order valence-corrected chi connectivity index (χ3v) is 3.59. The standard InChI is InChI=1S/C12H16FNO3S/c1-18(15,16)14-12(11-3-2-8-17-11)9-4-6-10(13)7-5-9/h4-7,11-12,14H,2-3,8H2,1H3. The predicted molar refractivity (Wildman–Crippen MR) is 66.1 cm³/mol. The summed E-state index contributed by atoms with van der Waals surface area (Å²) in [5.41, 5.74) is 0.716. The molecule has 2 atom stereocenters. The van der Waals surface area contributed by atoms with Crippen molar-refractivity contribution in [2.24, 2.45) is 0 Å². The highest BCUT2D eigenvalue weighted by atomic mass is 32.2. The smallest absolute Gasteiger partial charge is 0.209 e. The SMILES string of the molecule is CS(=O)(=O)NC(c1ccc(F)cc1)C1CCCO1. The molecule has 1 aromatic carbocycles. The van der Waals surface area contributed by atoms with Gasteiger partial charge in [0.2, 0.25) is 10.0 Å². The summed E-state index contributed by atoms with van der Waals surface area (Å²) in [6, 6.07) is 5.35. The highest BCUT2D eigenvalue weighted by Gasteiger charge is 2.29. The monoisotopic (exact) mass is 273 g/mol. The van der Waals surface area contributed by atoms with Gasteiger partial charge >= 0.3 is 0 Å². The van der Waals surface area contributed by atoms with Gasteiger partial charge in [0, 0.05) is 6.61 Å². The van der Waals surface area contributed by atoms with E-state index in [1.807, 2.05) is 0 Å². The molecule has 0 spiro atoms. The summed E-state index contributed by atoms with van der Waals surface area (Å²) in [6.45, 7) is 0.633. The van der Waals surface area contributed by atoms with Crippen molar-refractivity contribution in [3.8, 4) is 0 Å². The van der Waals surface area contributed by atoms with Crippen molar-refractivity contribution in [1.82, 2.24) is 4.72 Å². The molecule has 0 saturated carbocycles. The maximum Gasteiger partial charge on any atom is 0.209 e. The molecule has 1 aliphatic rings. The molecule has 2 unspecified atom stereocenters. The van der Waals surface area contributed by atoms with E-state index in [0.717, 1.165) is 19.1 Å². The molecule has 1 saturated heterocycles. The molecule has 1 N–H and O–H groups in total. The Morgan fingerprint density at radius 3 is 2.56 bits per heavy atom. The van der Waals surface area contributed by atoms with Gasteiger partial charge in [0.15, 0.2) is 0 Å². The van der Waals surface area contributed by atoms with Crippen LogP contribution in [0.3, 0.4) is 0 Å². The zero-order valence-electron chi connectivity index (χ0n) is 10.1. The summed E-state index contributed by atoms with van der Waals surface area (Å²) in [5.74, 6) is -0.343. The second-order valence-corrected chi connectivity index (χ2v) is 6.25. The quantitative estimate of drug-likeness (QED) is 0.906. The Morgan fingerprint density at radius 2 is 2.06 bits per heavy atom. The Bertz CT molecular complexity index is 495. The molecular weight excluding hydrogens is 257 g/mol. The molecule has 0 aliphatic carbocycles. The first-order chi connectivity index (χ1) is 8.46. The summed E-state index contributed by atoms with van der Waals surface area (Å²) >= 11 is 0.